The summed E-state index contributed by atoms with van der Waals surface area (Å²) in [6.45, 7) is 4.15. The summed E-state index contributed by atoms with van der Waals surface area (Å²) in [5.41, 5.74) is 4.26. The number of aromatic hydroxyl groups is 3. The minimum Gasteiger partial charge on any atom is -0.508 e. The van der Waals surface area contributed by atoms with E-state index in [1.54, 1.807) is 12.1 Å². The van der Waals surface area contributed by atoms with Gasteiger partial charge in [0.2, 0.25) is 11.5 Å². The Labute approximate surface area is 359 Å². The first-order valence-electron chi connectivity index (χ1n) is 21.6. The van der Waals surface area contributed by atoms with Gasteiger partial charge in [-0.25, -0.2) is 0 Å². The number of hydrogen-bond acceptors (Lipinski definition) is 13. The van der Waals surface area contributed by atoms with Gasteiger partial charge in [0.15, 0.2) is 17.1 Å². The maximum Gasteiger partial charge on any atom is 0.207 e. The first kappa shape index (κ1) is 41.9. The van der Waals surface area contributed by atoms with E-state index in [0.29, 0.717) is 49.2 Å². The Morgan fingerprint density at radius 2 is 1.72 bits per heavy atom. The Morgan fingerprint density at radius 3 is 2.47 bits per heavy atom. The molecule has 60 heavy (non-hydrogen) atoms. The van der Waals surface area contributed by atoms with E-state index in [0.717, 1.165) is 66.3 Å². The third kappa shape index (κ3) is 6.72. The molecule has 1 saturated heterocycles. The molecule has 0 amide bonds. The maximum atomic E-state index is 13.5. The number of aliphatic hydroxyl groups is 4. The first-order valence-corrected chi connectivity index (χ1v) is 23.8. The molecule has 9 rings (SSSR count). The van der Waals surface area contributed by atoms with Crippen molar-refractivity contribution in [3.8, 4) is 51.4 Å². The first-order chi connectivity index (χ1) is 29.0. The molecule has 3 aromatic carbocycles. The smallest absolute Gasteiger partial charge is 0.207 e. The third-order valence-electron chi connectivity index (χ3n) is 14.5. The number of benzene rings is 3. The van der Waals surface area contributed by atoms with Crippen molar-refractivity contribution in [1.82, 2.24) is 0 Å². The van der Waals surface area contributed by atoms with Gasteiger partial charge in [-0.3, -0.25) is 0 Å². The fourth-order valence-corrected chi connectivity index (χ4v) is 15.5. The zero-order valence-electron chi connectivity index (χ0n) is 34.6. The summed E-state index contributed by atoms with van der Waals surface area (Å²) in [6.07, 6.45) is 7.84. The minimum absolute atomic E-state index is 0.000824. The lowest BCUT2D eigenvalue weighted by Gasteiger charge is -2.59. The minimum atomic E-state index is -1.52. The number of fused-ring (bicyclic) bond motifs is 10. The summed E-state index contributed by atoms with van der Waals surface area (Å²) in [4.78, 5) is 0. The number of rotatable bonds is 12. The molecule has 3 aromatic rings. The number of phenolic OH excluding ortho intramolecular Hbond substituents is 3. The topological polar surface area (TPSA) is 179 Å². The second-order valence-corrected chi connectivity index (χ2v) is 21.1. The number of hydrogen-bond donors (Lipinski definition) is 7. The van der Waals surface area contributed by atoms with E-state index in [2.05, 4.69) is 19.9 Å². The van der Waals surface area contributed by atoms with Crippen LogP contribution in [0.5, 0.6) is 40.2 Å². The van der Waals surface area contributed by atoms with Crippen LogP contribution in [-0.2, 0) is 5.60 Å². The van der Waals surface area contributed by atoms with Crippen LogP contribution in [0, 0.1) is 17.8 Å². The molecule has 1 spiro atoms. The highest BCUT2D eigenvalue weighted by Crippen LogP contribution is 2.71. The zero-order chi connectivity index (χ0) is 42.1. The fraction of sp³-hybridized carbons (Fsp3) is 0.574. The van der Waals surface area contributed by atoms with Crippen LogP contribution >= 0.6 is 21.6 Å². The molecule has 324 valence electrons. The Kier molecular flexibility index (Phi) is 11.4. The normalized spacial score (nSPS) is 31.0. The average Bonchev–Trinajstić information content (AvgIpc) is 3.27. The third-order valence-corrected chi connectivity index (χ3v) is 18.2. The fourth-order valence-electron chi connectivity index (χ4n) is 11.7. The predicted molar refractivity (Wildman–Crippen MR) is 232 cm³/mol. The molecule has 13 heteroatoms. The molecule has 9 unspecified atom stereocenters. The van der Waals surface area contributed by atoms with Gasteiger partial charge in [0.25, 0.3) is 0 Å². The molecule has 8 bridgehead atoms. The van der Waals surface area contributed by atoms with Crippen LogP contribution < -0.4 is 18.9 Å². The van der Waals surface area contributed by atoms with Crippen molar-refractivity contribution in [2.24, 2.45) is 17.8 Å². The van der Waals surface area contributed by atoms with Gasteiger partial charge < -0.3 is 54.7 Å². The molecule has 2 heterocycles. The molecule has 0 radical (unpaired) electrons. The molecule has 4 aliphatic carbocycles. The van der Waals surface area contributed by atoms with Crippen LogP contribution in [0.15, 0.2) is 42.0 Å². The SMILES string of the molecule is COc1c(O)c(OCCC(C)C)cc(C23CCC45CCC(CC6c7cc(O)ccc7-c7c(OCCO)cc(c(c7C6CO)C4C2O)O3)C2CC(CCO)=CC(C2)SS5)c1O. The van der Waals surface area contributed by atoms with Crippen LogP contribution in [0.25, 0.3) is 11.1 Å². The molecule has 7 N–H and O–H groups in total. The van der Waals surface area contributed by atoms with E-state index in [-0.39, 0.29) is 77.8 Å². The maximum absolute atomic E-state index is 13.5. The van der Waals surface area contributed by atoms with E-state index in [4.69, 9.17) is 18.9 Å². The molecule has 11 nitrogen and oxygen atoms in total. The zero-order valence-corrected chi connectivity index (χ0v) is 36.2. The molecule has 1 saturated carbocycles. The van der Waals surface area contributed by atoms with Crippen LogP contribution in [0.2, 0.25) is 0 Å². The largest absolute Gasteiger partial charge is 0.508 e. The second-order valence-electron chi connectivity index (χ2n) is 18.2. The van der Waals surface area contributed by atoms with Gasteiger partial charge in [0, 0.05) is 51.2 Å². The Morgan fingerprint density at radius 1 is 0.900 bits per heavy atom. The summed E-state index contributed by atoms with van der Waals surface area (Å²) in [6, 6.07) is 8.87. The van der Waals surface area contributed by atoms with E-state index in [1.807, 2.05) is 39.8 Å². The van der Waals surface area contributed by atoms with Crippen molar-refractivity contribution in [3.05, 3.63) is 64.2 Å². The van der Waals surface area contributed by atoms with Gasteiger partial charge >= 0.3 is 0 Å². The standard InChI is InChI=1S/C47H58O11S2/c1-24(2)8-14-56-37-21-34(42(52)44(55-3)43(37)53)47-11-10-46-9-6-26(27-16-25(7-12-48)17-29(18-27)59-60-46)19-31-32-20-28(51)4-5-30(32)38-35(57-15-13-49)22-36(58-47)40(41(46)45(47)54)39(38)33(31)23-50/h4-5,17,20-22,24,26-27,29,31,33,41,45,48-54H,6-16,18-19,23H2,1-3H3. The summed E-state index contributed by atoms with van der Waals surface area (Å²) in [5, 5.41) is 79.9. The summed E-state index contributed by atoms with van der Waals surface area (Å²) in [5.74, 6) is 0.1000. The van der Waals surface area contributed by atoms with Gasteiger partial charge in [-0.1, -0.05) is 53.2 Å². The number of aliphatic hydroxyl groups excluding tert-OH is 4. The van der Waals surface area contributed by atoms with Crippen molar-refractivity contribution >= 4 is 21.6 Å². The van der Waals surface area contributed by atoms with E-state index >= 15 is 0 Å². The van der Waals surface area contributed by atoms with Crippen molar-refractivity contribution < 1.29 is 54.7 Å². The Hall–Kier alpha value is -3.46. The number of methoxy groups -OCH3 is 1. The highest BCUT2D eigenvalue weighted by Gasteiger charge is 2.65. The van der Waals surface area contributed by atoms with E-state index < -0.39 is 28.3 Å². The highest BCUT2D eigenvalue weighted by atomic mass is 33.1. The van der Waals surface area contributed by atoms with Crippen LogP contribution in [0.3, 0.4) is 0 Å². The van der Waals surface area contributed by atoms with Gasteiger partial charge in [-0.15, -0.1) is 0 Å². The lowest BCUT2D eigenvalue weighted by molar-refractivity contribution is -0.124. The van der Waals surface area contributed by atoms with E-state index in [1.165, 1.54) is 12.7 Å². The van der Waals surface area contributed by atoms with Crippen LogP contribution in [-0.4, -0.2) is 92.0 Å². The summed E-state index contributed by atoms with van der Waals surface area (Å²) in [7, 11) is 5.08. The molecular formula is C47H58O11S2. The van der Waals surface area contributed by atoms with Gasteiger partial charge in [-0.05, 0) is 116 Å². The van der Waals surface area contributed by atoms with E-state index in [9.17, 15) is 35.7 Å². The lowest BCUT2D eigenvalue weighted by Crippen LogP contribution is -2.61. The average molecular weight is 863 g/mol. The van der Waals surface area contributed by atoms with Crippen molar-refractivity contribution in [2.45, 2.75) is 111 Å². The summed E-state index contributed by atoms with van der Waals surface area (Å²) >= 11 is 0. The van der Waals surface area contributed by atoms with Crippen molar-refractivity contribution in [1.29, 1.82) is 0 Å². The molecule has 0 aromatic heterocycles. The van der Waals surface area contributed by atoms with Gasteiger partial charge in [0.05, 0.1) is 26.9 Å². The lowest BCUT2D eigenvalue weighted by atomic mass is 9.56. The Bertz CT molecular complexity index is 2160. The molecule has 9 atom stereocenters. The highest BCUT2D eigenvalue weighted by molar-refractivity contribution is 8.77. The number of ether oxygens (including phenoxy) is 4. The van der Waals surface area contributed by atoms with Crippen molar-refractivity contribution in [3.63, 3.8) is 0 Å². The van der Waals surface area contributed by atoms with Crippen LogP contribution in [0.1, 0.15) is 112 Å². The van der Waals surface area contributed by atoms with Crippen LogP contribution in [0.4, 0.5) is 0 Å². The predicted octanol–water partition coefficient (Wildman–Crippen LogP) is 8.00. The quantitative estimate of drug-likeness (QED) is 0.0689. The molecule has 6 aliphatic rings. The van der Waals surface area contributed by atoms with Crippen molar-refractivity contribution in [2.75, 3.05) is 40.1 Å². The monoisotopic (exact) mass is 862 g/mol. The molecule has 2 aliphatic heterocycles. The molecular weight excluding hydrogens is 805 g/mol. The van der Waals surface area contributed by atoms with Gasteiger partial charge in [0.1, 0.15) is 30.0 Å². The molecule has 2 fully saturated rings. The second kappa shape index (κ2) is 16.3. The number of phenols is 3. The summed E-state index contributed by atoms with van der Waals surface area (Å²) < 4.78 is 24.9. The Balaban J connectivity index is 1.32. The van der Waals surface area contributed by atoms with Gasteiger partial charge in [-0.2, -0.15) is 0 Å².